The fourth-order valence-corrected chi connectivity index (χ4v) is 1.90. The lowest BCUT2D eigenvalue weighted by atomic mass is 10.1. The number of carbonyl (C=O) groups is 1. The van der Waals surface area contributed by atoms with E-state index in [0.29, 0.717) is 11.4 Å². The van der Waals surface area contributed by atoms with E-state index in [1.54, 1.807) is 19.1 Å². The van der Waals surface area contributed by atoms with Crippen molar-refractivity contribution in [1.82, 2.24) is 0 Å². The zero-order valence-electron chi connectivity index (χ0n) is 11.2. The number of hydrogen-bond donors (Lipinski definition) is 3. The molecule has 4 nitrogen and oxygen atoms in total. The molecule has 0 bridgehead atoms. The molecule has 0 saturated heterocycles. The summed E-state index contributed by atoms with van der Waals surface area (Å²) in [5.41, 5.74) is 8.12. The van der Waals surface area contributed by atoms with Crippen molar-refractivity contribution < 1.29 is 14.3 Å². The average molecular weight is 274 g/mol. The second kappa shape index (κ2) is 5.21. The van der Waals surface area contributed by atoms with E-state index in [2.05, 4.69) is 5.32 Å². The van der Waals surface area contributed by atoms with Gasteiger partial charge in [-0.15, -0.1) is 0 Å². The van der Waals surface area contributed by atoms with Crippen LogP contribution in [0.3, 0.4) is 0 Å². The highest BCUT2D eigenvalue weighted by Crippen LogP contribution is 2.25. The van der Waals surface area contributed by atoms with Gasteiger partial charge in [-0.3, -0.25) is 4.79 Å². The molecule has 0 unspecified atom stereocenters. The molecule has 0 aliphatic rings. The Morgan fingerprint density at radius 2 is 1.95 bits per heavy atom. The number of phenolic OH excluding ortho intramolecular Hbond substituents is 1. The summed E-state index contributed by atoms with van der Waals surface area (Å²) in [5, 5.41) is 12.2. The van der Waals surface area contributed by atoms with Crippen LogP contribution in [0.1, 0.15) is 21.5 Å². The Labute approximate surface area is 116 Å². The van der Waals surface area contributed by atoms with Gasteiger partial charge >= 0.3 is 0 Å². The molecule has 0 saturated carbocycles. The highest BCUT2D eigenvalue weighted by molar-refractivity contribution is 6.06. The third-order valence-electron chi connectivity index (χ3n) is 3.08. The van der Waals surface area contributed by atoms with Crippen LogP contribution < -0.4 is 11.1 Å². The standard InChI is InChI=1S/C15H15FN2O2/c1-8-7-12(9(2)6-11(8)17)18-15(20)14-10(16)4-3-5-13(14)19/h3-7,19H,17H2,1-2H3,(H,18,20). The Hall–Kier alpha value is -2.56. The van der Waals surface area contributed by atoms with Crippen molar-refractivity contribution in [3.8, 4) is 5.75 Å². The zero-order valence-corrected chi connectivity index (χ0v) is 11.2. The molecule has 0 fully saturated rings. The van der Waals surface area contributed by atoms with Gasteiger partial charge in [-0.1, -0.05) is 6.07 Å². The summed E-state index contributed by atoms with van der Waals surface area (Å²) < 4.78 is 13.6. The van der Waals surface area contributed by atoms with E-state index < -0.39 is 17.5 Å². The van der Waals surface area contributed by atoms with Crippen molar-refractivity contribution in [2.75, 3.05) is 11.1 Å². The van der Waals surface area contributed by atoms with Crippen LogP contribution in [-0.4, -0.2) is 11.0 Å². The molecular weight excluding hydrogens is 259 g/mol. The Morgan fingerprint density at radius 3 is 2.60 bits per heavy atom. The molecule has 2 rings (SSSR count). The summed E-state index contributed by atoms with van der Waals surface area (Å²) in [4.78, 5) is 12.1. The maximum absolute atomic E-state index is 13.6. The number of aryl methyl sites for hydroxylation is 2. The highest BCUT2D eigenvalue weighted by Gasteiger charge is 2.17. The lowest BCUT2D eigenvalue weighted by Crippen LogP contribution is -2.15. The second-order valence-electron chi connectivity index (χ2n) is 4.61. The topological polar surface area (TPSA) is 75.3 Å². The van der Waals surface area contributed by atoms with Crippen molar-refractivity contribution in [3.05, 3.63) is 52.8 Å². The summed E-state index contributed by atoms with van der Waals surface area (Å²) in [6.07, 6.45) is 0. The molecule has 0 aliphatic carbocycles. The number of hydrogen-bond acceptors (Lipinski definition) is 3. The molecule has 20 heavy (non-hydrogen) atoms. The first-order valence-corrected chi connectivity index (χ1v) is 6.05. The minimum atomic E-state index is -0.771. The monoisotopic (exact) mass is 274 g/mol. The van der Waals surface area contributed by atoms with E-state index in [1.165, 1.54) is 12.1 Å². The van der Waals surface area contributed by atoms with Gasteiger partial charge in [0.05, 0.1) is 0 Å². The predicted molar refractivity (Wildman–Crippen MR) is 76.3 cm³/mol. The number of rotatable bonds is 2. The molecule has 0 atom stereocenters. The van der Waals surface area contributed by atoms with E-state index in [-0.39, 0.29) is 5.56 Å². The van der Waals surface area contributed by atoms with Gasteiger partial charge in [-0.25, -0.2) is 4.39 Å². The smallest absolute Gasteiger partial charge is 0.262 e. The first kappa shape index (κ1) is 13.9. The summed E-state index contributed by atoms with van der Waals surface area (Å²) in [7, 11) is 0. The lowest BCUT2D eigenvalue weighted by molar-refractivity contribution is 0.102. The van der Waals surface area contributed by atoms with E-state index in [9.17, 15) is 14.3 Å². The predicted octanol–water partition coefficient (Wildman–Crippen LogP) is 2.98. The third-order valence-corrected chi connectivity index (χ3v) is 3.08. The maximum Gasteiger partial charge on any atom is 0.262 e. The van der Waals surface area contributed by atoms with Crippen molar-refractivity contribution >= 4 is 17.3 Å². The summed E-state index contributed by atoms with van der Waals surface area (Å²) in [5.74, 6) is -1.87. The van der Waals surface area contributed by atoms with Gasteiger partial charge in [-0.2, -0.15) is 0 Å². The molecule has 104 valence electrons. The normalized spacial score (nSPS) is 10.3. The second-order valence-corrected chi connectivity index (χ2v) is 4.61. The Kier molecular flexibility index (Phi) is 3.61. The van der Waals surface area contributed by atoms with E-state index in [1.807, 2.05) is 6.92 Å². The summed E-state index contributed by atoms with van der Waals surface area (Å²) in [6.45, 7) is 3.59. The van der Waals surface area contributed by atoms with Crippen LogP contribution in [0, 0.1) is 19.7 Å². The number of aromatic hydroxyl groups is 1. The maximum atomic E-state index is 13.6. The van der Waals surface area contributed by atoms with Crippen LogP contribution in [0.5, 0.6) is 5.75 Å². The minimum absolute atomic E-state index is 0.374. The number of anilines is 2. The number of nitrogens with one attached hydrogen (secondary N) is 1. The van der Waals surface area contributed by atoms with Gasteiger partial charge in [-0.05, 0) is 49.2 Å². The number of nitrogens with two attached hydrogens (primary N) is 1. The Bertz CT molecular complexity index is 664. The molecule has 0 spiro atoms. The lowest BCUT2D eigenvalue weighted by Gasteiger charge is -2.12. The molecule has 0 heterocycles. The highest BCUT2D eigenvalue weighted by atomic mass is 19.1. The molecule has 4 N–H and O–H groups in total. The van der Waals surface area contributed by atoms with Crippen LogP contribution in [0.4, 0.5) is 15.8 Å². The van der Waals surface area contributed by atoms with Gasteiger partial charge in [0.1, 0.15) is 17.1 Å². The van der Waals surface area contributed by atoms with Crippen LogP contribution in [0.2, 0.25) is 0 Å². The van der Waals surface area contributed by atoms with Gasteiger partial charge in [0.2, 0.25) is 0 Å². The van der Waals surface area contributed by atoms with Crippen molar-refractivity contribution in [1.29, 1.82) is 0 Å². The molecular formula is C15H15FN2O2. The van der Waals surface area contributed by atoms with E-state index >= 15 is 0 Å². The molecule has 0 aliphatic heterocycles. The van der Waals surface area contributed by atoms with Gasteiger partial charge in [0.15, 0.2) is 0 Å². The van der Waals surface area contributed by atoms with Crippen molar-refractivity contribution in [3.63, 3.8) is 0 Å². The molecule has 0 aromatic heterocycles. The van der Waals surface area contributed by atoms with Crippen LogP contribution in [-0.2, 0) is 0 Å². The first-order valence-electron chi connectivity index (χ1n) is 6.05. The number of nitrogen functional groups attached to an aromatic ring is 1. The minimum Gasteiger partial charge on any atom is -0.507 e. The zero-order chi connectivity index (χ0) is 14.9. The fourth-order valence-electron chi connectivity index (χ4n) is 1.90. The summed E-state index contributed by atoms with van der Waals surface area (Å²) >= 11 is 0. The third kappa shape index (κ3) is 2.56. The van der Waals surface area contributed by atoms with Crippen LogP contribution in [0.15, 0.2) is 30.3 Å². The summed E-state index contributed by atoms with van der Waals surface area (Å²) in [6, 6.07) is 7.15. The Morgan fingerprint density at radius 1 is 1.25 bits per heavy atom. The van der Waals surface area contributed by atoms with Crippen molar-refractivity contribution in [2.24, 2.45) is 0 Å². The number of benzene rings is 2. The average Bonchev–Trinajstić information content (AvgIpc) is 2.35. The number of halogens is 1. The molecule has 2 aromatic rings. The van der Waals surface area contributed by atoms with Gasteiger partial charge in [0, 0.05) is 11.4 Å². The quantitative estimate of drug-likeness (QED) is 0.737. The van der Waals surface area contributed by atoms with Gasteiger partial charge in [0.25, 0.3) is 5.91 Å². The fraction of sp³-hybridized carbons (Fsp3) is 0.133. The molecule has 1 amide bonds. The van der Waals surface area contributed by atoms with Crippen molar-refractivity contribution in [2.45, 2.75) is 13.8 Å². The number of carbonyl (C=O) groups excluding carboxylic acids is 1. The molecule has 0 radical (unpaired) electrons. The SMILES string of the molecule is Cc1cc(NC(=O)c2c(O)cccc2F)c(C)cc1N. The van der Waals surface area contributed by atoms with Crippen LogP contribution in [0.25, 0.3) is 0 Å². The van der Waals surface area contributed by atoms with Crippen LogP contribution >= 0.6 is 0 Å². The largest absolute Gasteiger partial charge is 0.507 e. The van der Waals surface area contributed by atoms with E-state index in [4.69, 9.17) is 5.73 Å². The number of amides is 1. The first-order chi connectivity index (χ1) is 9.40. The molecule has 5 heteroatoms. The van der Waals surface area contributed by atoms with Gasteiger partial charge < -0.3 is 16.2 Å². The number of phenols is 1. The molecule has 2 aromatic carbocycles. The van der Waals surface area contributed by atoms with E-state index in [0.717, 1.165) is 17.2 Å². The Balaban J connectivity index is 2.35.